The highest BCUT2D eigenvalue weighted by Crippen LogP contribution is 2.38. The third kappa shape index (κ3) is 2.54. The molecule has 0 aromatic heterocycles. The summed E-state index contributed by atoms with van der Waals surface area (Å²) in [6, 6.07) is 10.0. The maximum atomic E-state index is 10.5. The Hall–Kier alpha value is -0.940. The van der Waals surface area contributed by atoms with Gasteiger partial charge in [-0.2, -0.15) is 0 Å². The van der Waals surface area contributed by atoms with Crippen LogP contribution in [0.3, 0.4) is 0 Å². The highest BCUT2D eigenvalue weighted by atomic mass is 16.7. The first-order valence-corrected chi connectivity index (χ1v) is 6.86. The van der Waals surface area contributed by atoms with Crippen LogP contribution in [0.4, 0.5) is 0 Å². The lowest BCUT2D eigenvalue weighted by Gasteiger charge is -2.39. The first-order chi connectivity index (χ1) is 9.21. The van der Waals surface area contributed by atoms with Gasteiger partial charge in [0.2, 0.25) is 0 Å². The van der Waals surface area contributed by atoms with E-state index in [1.807, 2.05) is 37.3 Å². The molecule has 1 aromatic carbocycles. The van der Waals surface area contributed by atoms with Gasteiger partial charge in [0.05, 0.1) is 19.3 Å². The summed E-state index contributed by atoms with van der Waals surface area (Å²) < 4.78 is 17.2. The average molecular weight is 264 g/mol. The Morgan fingerprint density at radius 3 is 2.89 bits per heavy atom. The number of benzene rings is 1. The molecule has 0 saturated carbocycles. The van der Waals surface area contributed by atoms with Gasteiger partial charge in [-0.05, 0) is 12.0 Å². The molecule has 0 radical (unpaired) electrons. The fourth-order valence-corrected chi connectivity index (χ4v) is 2.73. The standard InChI is InChI=1S/C15H20O4/c1-2-15(16)8-12(13-10-18-14(15)19-13)17-9-11-6-4-3-5-7-11/h3-7,12-14,16H,2,8-10H2,1H3/t12-,13+,14+,15-/m0/s1. The van der Waals surface area contributed by atoms with Crippen LogP contribution in [0.5, 0.6) is 0 Å². The number of fused-ring (bicyclic) bond motifs is 2. The molecule has 4 nitrogen and oxygen atoms in total. The molecule has 0 spiro atoms. The minimum absolute atomic E-state index is 0.0551. The van der Waals surface area contributed by atoms with E-state index in [1.54, 1.807) is 0 Å². The van der Waals surface area contributed by atoms with Crippen molar-refractivity contribution in [1.29, 1.82) is 0 Å². The Bertz CT molecular complexity index is 421. The number of ether oxygens (including phenoxy) is 3. The summed E-state index contributed by atoms with van der Waals surface area (Å²) in [5.74, 6) is 0. The molecule has 2 aliphatic rings. The van der Waals surface area contributed by atoms with Gasteiger partial charge < -0.3 is 19.3 Å². The van der Waals surface area contributed by atoms with Crippen LogP contribution >= 0.6 is 0 Å². The molecule has 4 atom stereocenters. The van der Waals surface area contributed by atoms with Gasteiger partial charge in [-0.25, -0.2) is 0 Å². The van der Waals surface area contributed by atoms with E-state index in [-0.39, 0.29) is 12.2 Å². The molecule has 1 N–H and O–H groups in total. The van der Waals surface area contributed by atoms with Gasteiger partial charge in [0, 0.05) is 6.42 Å². The van der Waals surface area contributed by atoms with Gasteiger partial charge >= 0.3 is 0 Å². The molecule has 0 aliphatic carbocycles. The predicted molar refractivity (Wildman–Crippen MR) is 69.5 cm³/mol. The van der Waals surface area contributed by atoms with E-state index >= 15 is 0 Å². The van der Waals surface area contributed by atoms with E-state index in [0.29, 0.717) is 26.1 Å². The van der Waals surface area contributed by atoms with E-state index in [1.165, 1.54) is 0 Å². The summed E-state index contributed by atoms with van der Waals surface area (Å²) in [7, 11) is 0. The highest BCUT2D eigenvalue weighted by molar-refractivity contribution is 5.13. The Labute approximate surface area is 113 Å². The Balaban J connectivity index is 1.64. The lowest BCUT2D eigenvalue weighted by Crippen LogP contribution is -2.52. The zero-order chi connectivity index (χ0) is 13.3. The van der Waals surface area contributed by atoms with Crippen LogP contribution in [-0.2, 0) is 20.8 Å². The molecule has 2 saturated heterocycles. The highest BCUT2D eigenvalue weighted by Gasteiger charge is 2.52. The van der Waals surface area contributed by atoms with Gasteiger partial charge in [-0.3, -0.25) is 0 Å². The van der Waals surface area contributed by atoms with E-state index in [9.17, 15) is 5.11 Å². The largest absolute Gasteiger partial charge is 0.384 e. The first kappa shape index (κ1) is 13.1. The van der Waals surface area contributed by atoms with Crippen LogP contribution in [0.1, 0.15) is 25.3 Å². The number of aliphatic hydroxyl groups is 1. The Morgan fingerprint density at radius 1 is 1.37 bits per heavy atom. The van der Waals surface area contributed by atoms with Gasteiger partial charge in [0.1, 0.15) is 11.7 Å². The van der Waals surface area contributed by atoms with Crippen LogP contribution in [0.25, 0.3) is 0 Å². The molecule has 0 unspecified atom stereocenters. The first-order valence-electron chi connectivity index (χ1n) is 6.86. The molecule has 0 amide bonds. The van der Waals surface area contributed by atoms with Gasteiger partial charge in [-0.15, -0.1) is 0 Å². The van der Waals surface area contributed by atoms with Gasteiger partial charge in [0.15, 0.2) is 6.29 Å². The average Bonchev–Trinajstić information content (AvgIpc) is 2.90. The second kappa shape index (κ2) is 5.21. The second-order valence-electron chi connectivity index (χ2n) is 5.34. The van der Waals surface area contributed by atoms with Gasteiger partial charge in [0.25, 0.3) is 0 Å². The monoisotopic (exact) mass is 264 g/mol. The van der Waals surface area contributed by atoms with Crippen molar-refractivity contribution in [3.8, 4) is 0 Å². The van der Waals surface area contributed by atoms with E-state index < -0.39 is 11.9 Å². The van der Waals surface area contributed by atoms with Crippen molar-refractivity contribution in [2.45, 2.75) is 50.5 Å². The van der Waals surface area contributed by atoms with Crippen molar-refractivity contribution in [2.24, 2.45) is 0 Å². The number of hydrogen-bond acceptors (Lipinski definition) is 4. The third-order valence-electron chi connectivity index (χ3n) is 4.04. The lowest BCUT2D eigenvalue weighted by atomic mass is 9.89. The zero-order valence-corrected chi connectivity index (χ0v) is 11.1. The molecule has 2 heterocycles. The number of rotatable bonds is 4. The van der Waals surface area contributed by atoms with Crippen molar-refractivity contribution < 1.29 is 19.3 Å². The summed E-state index contributed by atoms with van der Waals surface area (Å²) in [6.07, 6.45) is 0.532. The Kier molecular flexibility index (Phi) is 3.58. The summed E-state index contributed by atoms with van der Waals surface area (Å²) in [6.45, 7) is 2.99. The SMILES string of the molecule is CC[C@]1(O)C[C@H](OCc2ccccc2)[C@H]2CO[C@@H]1O2. The minimum Gasteiger partial charge on any atom is -0.384 e. The predicted octanol–water partition coefficient (Wildman–Crippen LogP) is 1.86. The van der Waals surface area contributed by atoms with E-state index in [4.69, 9.17) is 14.2 Å². The summed E-state index contributed by atoms with van der Waals surface area (Å²) >= 11 is 0. The zero-order valence-electron chi connectivity index (χ0n) is 11.1. The maximum absolute atomic E-state index is 10.5. The minimum atomic E-state index is -0.922. The topological polar surface area (TPSA) is 47.9 Å². The van der Waals surface area contributed by atoms with Crippen molar-refractivity contribution in [2.75, 3.05) is 6.61 Å². The van der Waals surface area contributed by atoms with Crippen LogP contribution in [-0.4, -0.2) is 35.8 Å². The summed E-state index contributed by atoms with van der Waals surface area (Å²) in [5, 5.41) is 10.5. The molecule has 2 bridgehead atoms. The molecule has 2 fully saturated rings. The van der Waals surface area contributed by atoms with Crippen LogP contribution in [0.2, 0.25) is 0 Å². The fourth-order valence-electron chi connectivity index (χ4n) is 2.73. The maximum Gasteiger partial charge on any atom is 0.187 e. The van der Waals surface area contributed by atoms with Gasteiger partial charge in [-0.1, -0.05) is 37.3 Å². The normalized spacial score (nSPS) is 37.5. The van der Waals surface area contributed by atoms with Crippen molar-refractivity contribution in [1.82, 2.24) is 0 Å². The van der Waals surface area contributed by atoms with Crippen molar-refractivity contribution in [3.05, 3.63) is 35.9 Å². The van der Waals surface area contributed by atoms with Crippen molar-refractivity contribution >= 4 is 0 Å². The molecule has 2 aliphatic heterocycles. The van der Waals surface area contributed by atoms with Crippen molar-refractivity contribution in [3.63, 3.8) is 0 Å². The molecule has 4 heteroatoms. The third-order valence-corrected chi connectivity index (χ3v) is 4.04. The van der Waals surface area contributed by atoms with E-state index in [0.717, 1.165) is 5.56 Å². The molecule has 3 rings (SSSR count). The molecule has 19 heavy (non-hydrogen) atoms. The summed E-state index contributed by atoms with van der Waals surface area (Å²) in [4.78, 5) is 0. The molecular formula is C15H20O4. The second-order valence-corrected chi connectivity index (χ2v) is 5.34. The summed E-state index contributed by atoms with van der Waals surface area (Å²) in [5.41, 5.74) is 0.206. The quantitative estimate of drug-likeness (QED) is 0.901. The van der Waals surface area contributed by atoms with Crippen LogP contribution in [0, 0.1) is 0 Å². The number of hydrogen-bond donors (Lipinski definition) is 1. The molecule has 1 aromatic rings. The fraction of sp³-hybridized carbons (Fsp3) is 0.600. The smallest absolute Gasteiger partial charge is 0.187 e. The van der Waals surface area contributed by atoms with E-state index in [2.05, 4.69) is 0 Å². The molecular weight excluding hydrogens is 244 g/mol. The lowest BCUT2D eigenvalue weighted by molar-refractivity contribution is -0.243. The van der Waals surface area contributed by atoms with Crippen LogP contribution in [0.15, 0.2) is 30.3 Å². The molecule has 104 valence electrons. The van der Waals surface area contributed by atoms with Crippen LogP contribution < -0.4 is 0 Å². The Morgan fingerprint density at radius 2 is 2.16 bits per heavy atom.